The van der Waals surface area contributed by atoms with Gasteiger partial charge >= 0.3 is 18.5 Å². The number of carbonyl (C=O) groups excluding carboxylic acids is 2. The van der Waals surface area contributed by atoms with Gasteiger partial charge in [-0.3, -0.25) is 4.79 Å². The van der Waals surface area contributed by atoms with E-state index in [0.717, 1.165) is 19.4 Å². The van der Waals surface area contributed by atoms with E-state index >= 15 is 0 Å². The van der Waals surface area contributed by atoms with E-state index < -0.39 is 71.4 Å². The van der Waals surface area contributed by atoms with E-state index in [9.17, 15) is 40.3 Å². The number of halogens is 7. The molecule has 0 fully saturated rings. The number of aromatic nitrogens is 1. The Bertz CT molecular complexity index is 1450. The first-order valence-electron chi connectivity index (χ1n) is 11.4. The van der Waals surface area contributed by atoms with Gasteiger partial charge in [0.2, 0.25) is 0 Å². The van der Waals surface area contributed by atoms with Crippen LogP contribution < -0.4 is 19.5 Å². The van der Waals surface area contributed by atoms with Gasteiger partial charge in [-0.15, -0.1) is 13.2 Å². The van der Waals surface area contributed by atoms with E-state index in [0.29, 0.717) is 18.2 Å². The normalized spacial score (nSPS) is 13.0. The lowest BCUT2D eigenvalue weighted by Crippen LogP contribution is -2.17. The molecule has 0 bridgehead atoms. The molecule has 0 unspecified atom stereocenters. The van der Waals surface area contributed by atoms with Gasteiger partial charge in [0.05, 0.1) is 41.3 Å². The van der Waals surface area contributed by atoms with Gasteiger partial charge in [0.15, 0.2) is 11.5 Å². The molecule has 0 saturated heterocycles. The first kappa shape index (κ1) is 23.8. The summed E-state index contributed by atoms with van der Waals surface area (Å²) in [6.45, 7) is 0. The third-order valence-electron chi connectivity index (χ3n) is 4.51. The van der Waals surface area contributed by atoms with E-state index in [1.165, 1.54) is 6.07 Å². The van der Waals surface area contributed by atoms with Crippen molar-refractivity contribution in [2.24, 2.45) is 0 Å². The summed E-state index contributed by atoms with van der Waals surface area (Å²) in [7, 11) is -2.19. The maximum absolute atomic E-state index is 14.4. The third kappa shape index (κ3) is 6.80. The highest BCUT2D eigenvalue weighted by Crippen LogP contribution is 2.40. The maximum atomic E-state index is 14.4. The zero-order chi connectivity index (χ0) is 30.8. The molecule has 0 radical (unpaired) electrons. The maximum Gasteiger partial charge on any atom is 0.573 e. The number of hydrogen-bond donors (Lipinski definition) is 1. The predicted octanol–water partition coefficient (Wildman–Crippen LogP) is 5.98. The fourth-order valence-electron chi connectivity index (χ4n) is 2.89. The van der Waals surface area contributed by atoms with Gasteiger partial charge in [0, 0.05) is 6.07 Å². The van der Waals surface area contributed by atoms with Crippen LogP contribution in [0.3, 0.4) is 0 Å². The molecule has 202 valence electrons. The molecule has 15 heteroatoms. The number of esters is 1. The smallest absolute Gasteiger partial charge is 0.493 e. The minimum atomic E-state index is -5.28. The Morgan fingerprint density at radius 2 is 1.71 bits per heavy atom. The summed E-state index contributed by atoms with van der Waals surface area (Å²) < 4.78 is 132. The Balaban J connectivity index is 2.07. The summed E-state index contributed by atoms with van der Waals surface area (Å²) in [6, 6.07) is 4.28. The van der Waals surface area contributed by atoms with Crippen molar-refractivity contribution in [3.8, 4) is 23.0 Å². The third-order valence-corrected chi connectivity index (χ3v) is 4.51. The van der Waals surface area contributed by atoms with Crippen LogP contribution in [0.25, 0.3) is 0 Å². The van der Waals surface area contributed by atoms with Gasteiger partial charge < -0.3 is 24.3 Å². The summed E-state index contributed by atoms with van der Waals surface area (Å²) >= 11 is 0. The number of ether oxygens (including phenoxy) is 4. The number of nitrogens with one attached hydrogen (secondary N) is 1. The summed E-state index contributed by atoms with van der Waals surface area (Å²) in [6.07, 6.45) is -9.51. The minimum absolute atomic E-state index is 0.0854. The van der Waals surface area contributed by atoms with Crippen LogP contribution in [0.2, 0.25) is 0 Å². The second kappa shape index (κ2) is 10.8. The van der Waals surface area contributed by atoms with Crippen molar-refractivity contribution in [1.82, 2.24) is 4.98 Å². The van der Waals surface area contributed by atoms with E-state index in [2.05, 4.69) is 24.5 Å². The standard InChI is InChI=1S/C23H15F7N2O6/c1-35-19-7-12(38-23(28,29)30)4-6-17(19)37-18-9-14(22(25,26)27)15(24)8-13(18)20(33)32-11-3-5-16(31-10-11)21(34)36-2/h3-10H,1-2H3,(H,32,33)/i1D3. The molecule has 0 spiro atoms. The molecule has 3 rings (SSSR count). The average Bonchev–Trinajstić information content (AvgIpc) is 2.83. The molecule has 1 N–H and O–H groups in total. The van der Waals surface area contributed by atoms with E-state index in [1.54, 1.807) is 0 Å². The fourth-order valence-corrected chi connectivity index (χ4v) is 2.89. The summed E-state index contributed by atoms with van der Waals surface area (Å²) in [5, 5.41) is 2.19. The molecular formula is C23H15F7N2O6. The fraction of sp³-hybridized carbons (Fsp3) is 0.174. The molecule has 3 aromatic rings. The van der Waals surface area contributed by atoms with Crippen LogP contribution in [0.5, 0.6) is 23.0 Å². The Kier molecular flexibility index (Phi) is 6.78. The Labute approximate surface area is 213 Å². The average molecular weight is 551 g/mol. The van der Waals surface area contributed by atoms with Gasteiger partial charge in [-0.2, -0.15) is 13.2 Å². The highest BCUT2D eigenvalue weighted by atomic mass is 19.4. The molecular weight excluding hydrogens is 533 g/mol. The Morgan fingerprint density at radius 1 is 0.974 bits per heavy atom. The second-order valence-corrected chi connectivity index (χ2v) is 7.06. The van der Waals surface area contributed by atoms with Crippen LogP contribution in [0, 0.1) is 5.82 Å². The van der Waals surface area contributed by atoms with Crippen molar-refractivity contribution in [2.75, 3.05) is 19.5 Å². The first-order chi connectivity index (χ1) is 18.9. The van der Waals surface area contributed by atoms with Gasteiger partial charge in [-0.1, -0.05) is 0 Å². The molecule has 0 atom stereocenters. The number of pyridine rings is 1. The SMILES string of the molecule is [2H]C([2H])([2H])Oc1cc(OC(F)(F)F)ccc1Oc1cc(C(F)(F)F)c(F)cc1C(=O)Nc1ccc(C(=O)OC)nc1. The highest BCUT2D eigenvalue weighted by molar-refractivity contribution is 6.06. The zero-order valence-electron chi connectivity index (χ0n) is 21.7. The van der Waals surface area contributed by atoms with Crippen molar-refractivity contribution in [1.29, 1.82) is 0 Å². The van der Waals surface area contributed by atoms with E-state index in [4.69, 9.17) is 8.85 Å². The van der Waals surface area contributed by atoms with Gasteiger partial charge in [-0.25, -0.2) is 14.2 Å². The molecule has 0 saturated carbocycles. The number of amides is 1. The van der Waals surface area contributed by atoms with Crippen molar-refractivity contribution in [2.45, 2.75) is 12.5 Å². The van der Waals surface area contributed by atoms with E-state index in [-0.39, 0.29) is 23.5 Å². The van der Waals surface area contributed by atoms with Crippen LogP contribution in [0.15, 0.2) is 48.7 Å². The number of methoxy groups -OCH3 is 2. The number of anilines is 1. The van der Waals surface area contributed by atoms with Gasteiger partial charge in [0.25, 0.3) is 5.91 Å². The molecule has 1 amide bonds. The van der Waals surface area contributed by atoms with Gasteiger partial charge in [-0.05, 0) is 36.4 Å². The number of rotatable bonds is 7. The van der Waals surface area contributed by atoms with Crippen LogP contribution in [0.1, 0.15) is 30.5 Å². The van der Waals surface area contributed by atoms with Crippen molar-refractivity contribution in [3.05, 3.63) is 71.3 Å². The Morgan fingerprint density at radius 3 is 2.29 bits per heavy atom. The molecule has 2 aromatic carbocycles. The summed E-state index contributed by atoms with van der Waals surface area (Å²) in [5.41, 5.74) is -3.00. The van der Waals surface area contributed by atoms with Gasteiger partial charge in [0.1, 0.15) is 23.0 Å². The van der Waals surface area contributed by atoms with Crippen molar-refractivity contribution >= 4 is 17.6 Å². The number of hydrogen-bond acceptors (Lipinski definition) is 7. The minimum Gasteiger partial charge on any atom is -0.493 e. The number of alkyl halides is 6. The number of carbonyl (C=O) groups is 2. The number of benzene rings is 2. The first-order valence-corrected chi connectivity index (χ1v) is 9.89. The second-order valence-electron chi connectivity index (χ2n) is 7.06. The van der Waals surface area contributed by atoms with E-state index in [1.807, 2.05) is 0 Å². The number of nitrogens with zero attached hydrogens (tertiary/aromatic N) is 1. The lowest BCUT2D eigenvalue weighted by Gasteiger charge is -2.17. The van der Waals surface area contributed by atoms with Crippen LogP contribution in [-0.4, -0.2) is 37.4 Å². The molecule has 1 aromatic heterocycles. The molecule has 1 heterocycles. The van der Waals surface area contributed by atoms with Crippen molar-refractivity contribution in [3.63, 3.8) is 0 Å². The summed E-state index contributed by atoms with van der Waals surface area (Å²) in [5.74, 6) is -7.63. The Hall–Kier alpha value is -4.56. The molecule has 8 nitrogen and oxygen atoms in total. The quantitative estimate of drug-likeness (QED) is 0.285. The summed E-state index contributed by atoms with van der Waals surface area (Å²) in [4.78, 5) is 28.1. The largest absolute Gasteiger partial charge is 0.573 e. The predicted molar refractivity (Wildman–Crippen MR) is 115 cm³/mol. The lowest BCUT2D eigenvalue weighted by molar-refractivity contribution is -0.274. The molecule has 0 aliphatic rings. The highest BCUT2D eigenvalue weighted by Gasteiger charge is 2.36. The monoisotopic (exact) mass is 551 g/mol. The molecule has 0 aliphatic carbocycles. The van der Waals surface area contributed by atoms with Crippen molar-refractivity contribution < 1.29 is 63.4 Å². The zero-order valence-corrected chi connectivity index (χ0v) is 18.7. The topological polar surface area (TPSA) is 96.0 Å². The van der Waals surface area contributed by atoms with Crippen LogP contribution in [-0.2, 0) is 10.9 Å². The molecule has 38 heavy (non-hydrogen) atoms. The molecule has 0 aliphatic heterocycles. The van der Waals surface area contributed by atoms with Crippen LogP contribution in [0.4, 0.5) is 36.4 Å². The van der Waals surface area contributed by atoms with Crippen LogP contribution >= 0.6 is 0 Å². The lowest BCUT2D eigenvalue weighted by atomic mass is 10.1.